The molecule has 1 heteroatoms. The fourth-order valence-corrected chi connectivity index (χ4v) is 5.03. The van der Waals surface area contributed by atoms with Gasteiger partial charge in [0.15, 0.2) is 0 Å². The number of fused-ring (bicyclic) bond motifs is 10. The van der Waals surface area contributed by atoms with Gasteiger partial charge in [0.2, 0.25) is 0 Å². The van der Waals surface area contributed by atoms with E-state index in [2.05, 4.69) is 36.4 Å². The second-order valence-electron chi connectivity index (χ2n) is 7.80. The molecular weight excluding hydrogens is 374 g/mol. The van der Waals surface area contributed by atoms with Crippen molar-refractivity contribution in [1.29, 1.82) is 0 Å². The average molecular weight is 399 g/mol. The van der Waals surface area contributed by atoms with Gasteiger partial charge in [0.25, 0.3) is 0 Å². The Kier molecular flexibility index (Phi) is 2.51. The van der Waals surface area contributed by atoms with Crippen LogP contribution in [0, 0.1) is 0 Å². The normalized spacial score (nSPS) is 14.1. The lowest BCUT2D eigenvalue weighted by molar-refractivity contribution is 1.19. The number of hydrogen-bond donors (Lipinski definition) is 0. The summed E-state index contributed by atoms with van der Waals surface area (Å²) in [6.07, 6.45) is 0. The van der Waals surface area contributed by atoms with Crippen LogP contribution in [0.5, 0.6) is 0 Å². The SMILES string of the molecule is [2H]c1c([2H])c([2H])c(-n2c3ccc4ccccc4c3c3c4ccccc4c4ccccc4c32)c([2H])c1[2H]. The van der Waals surface area contributed by atoms with E-state index < -0.39 is 6.04 Å². The maximum atomic E-state index is 8.80. The van der Waals surface area contributed by atoms with Gasteiger partial charge in [-0.15, -0.1) is 0 Å². The lowest BCUT2D eigenvalue weighted by atomic mass is 9.95. The second-order valence-corrected chi connectivity index (χ2v) is 7.80. The third kappa shape index (κ3) is 2.21. The number of para-hydroxylation sites is 1. The van der Waals surface area contributed by atoms with Crippen molar-refractivity contribution in [3.8, 4) is 5.69 Å². The summed E-state index contributed by atoms with van der Waals surface area (Å²) < 4.78 is 44.3. The van der Waals surface area contributed by atoms with Crippen LogP contribution >= 0.6 is 0 Å². The fraction of sp³-hybridized carbons (Fsp3) is 0. The van der Waals surface area contributed by atoms with Gasteiger partial charge in [-0.05, 0) is 45.1 Å². The van der Waals surface area contributed by atoms with Gasteiger partial charge in [0, 0.05) is 21.8 Å². The molecule has 0 bridgehead atoms. The minimum absolute atomic E-state index is 0.164. The first-order valence-electron chi connectivity index (χ1n) is 12.8. The maximum absolute atomic E-state index is 8.80. The van der Waals surface area contributed by atoms with Crippen LogP contribution in [-0.2, 0) is 0 Å². The van der Waals surface area contributed by atoms with Crippen LogP contribution in [0.1, 0.15) is 6.85 Å². The van der Waals surface area contributed by atoms with Gasteiger partial charge in [0.05, 0.1) is 17.9 Å². The zero-order valence-corrected chi connectivity index (χ0v) is 16.5. The summed E-state index contributed by atoms with van der Waals surface area (Å²) in [6.45, 7) is 0. The highest BCUT2D eigenvalue weighted by molar-refractivity contribution is 6.35. The van der Waals surface area contributed by atoms with E-state index in [1.54, 1.807) is 0 Å². The Labute approximate surface area is 186 Å². The standard InChI is InChI=1S/C30H19N/c1-2-11-21(12-3-1)31-27-19-18-20-10-4-5-13-22(20)28(27)29-25-16-8-6-14-23(25)24-15-7-9-17-26(24)30(29)31/h1-19H/i1D,2D,3D,11D,12D. The van der Waals surface area contributed by atoms with Crippen LogP contribution in [0.2, 0.25) is 0 Å². The average Bonchev–Trinajstić information content (AvgIpc) is 3.27. The van der Waals surface area contributed by atoms with Crippen LogP contribution < -0.4 is 0 Å². The molecule has 0 aliphatic rings. The summed E-state index contributed by atoms with van der Waals surface area (Å²) >= 11 is 0. The molecule has 0 saturated carbocycles. The smallest absolute Gasteiger partial charge is 0.0645 e. The van der Waals surface area contributed by atoms with Crippen molar-refractivity contribution >= 4 is 54.1 Å². The summed E-state index contributed by atoms with van der Waals surface area (Å²) in [5.41, 5.74) is 1.81. The van der Waals surface area contributed by atoms with Gasteiger partial charge in [-0.3, -0.25) is 0 Å². The molecule has 0 atom stereocenters. The molecule has 0 N–H and O–H groups in total. The molecule has 7 aromatic rings. The minimum Gasteiger partial charge on any atom is -0.309 e. The van der Waals surface area contributed by atoms with Gasteiger partial charge in [-0.1, -0.05) is 97.0 Å². The van der Waals surface area contributed by atoms with E-state index in [1.807, 2.05) is 53.1 Å². The first-order chi connectivity index (χ1) is 17.5. The summed E-state index contributed by atoms with van der Waals surface area (Å²) in [5, 5.41) is 8.39. The molecule has 31 heavy (non-hydrogen) atoms. The van der Waals surface area contributed by atoms with E-state index >= 15 is 0 Å². The van der Waals surface area contributed by atoms with Gasteiger partial charge in [-0.2, -0.15) is 0 Å². The molecule has 0 aliphatic heterocycles. The van der Waals surface area contributed by atoms with Gasteiger partial charge in [-0.25, -0.2) is 0 Å². The molecule has 0 aliphatic carbocycles. The van der Waals surface area contributed by atoms with Crippen LogP contribution in [0.15, 0.2) is 115 Å². The van der Waals surface area contributed by atoms with Crippen molar-refractivity contribution < 1.29 is 6.85 Å². The molecule has 0 fully saturated rings. The minimum atomic E-state index is -0.393. The van der Waals surface area contributed by atoms with Crippen molar-refractivity contribution in [1.82, 2.24) is 4.57 Å². The maximum Gasteiger partial charge on any atom is 0.0645 e. The van der Waals surface area contributed by atoms with Gasteiger partial charge < -0.3 is 4.57 Å². The van der Waals surface area contributed by atoms with Gasteiger partial charge >= 0.3 is 0 Å². The predicted molar refractivity (Wildman–Crippen MR) is 133 cm³/mol. The third-order valence-electron chi connectivity index (χ3n) is 6.24. The predicted octanol–water partition coefficient (Wildman–Crippen LogP) is 8.24. The van der Waals surface area contributed by atoms with E-state index in [-0.39, 0.29) is 29.9 Å². The van der Waals surface area contributed by atoms with Crippen LogP contribution in [0.4, 0.5) is 0 Å². The molecule has 6 aromatic carbocycles. The van der Waals surface area contributed by atoms with Gasteiger partial charge in [0.1, 0.15) is 0 Å². The Morgan fingerprint density at radius 3 is 1.90 bits per heavy atom. The van der Waals surface area contributed by atoms with E-state index in [0.29, 0.717) is 0 Å². The number of aromatic nitrogens is 1. The molecule has 0 unspecified atom stereocenters. The molecule has 0 saturated heterocycles. The topological polar surface area (TPSA) is 4.93 Å². The van der Waals surface area contributed by atoms with Crippen LogP contribution in [0.25, 0.3) is 59.8 Å². The molecular formula is C30H19N. The molecule has 7 rings (SSSR count). The van der Waals surface area contributed by atoms with Crippen LogP contribution in [-0.4, -0.2) is 4.57 Å². The Morgan fingerprint density at radius 1 is 0.516 bits per heavy atom. The molecule has 1 aromatic heterocycles. The molecule has 144 valence electrons. The van der Waals surface area contributed by atoms with Crippen molar-refractivity contribution in [2.24, 2.45) is 0 Å². The van der Waals surface area contributed by atoms with Crippen molar-refractivity contribution in [2.45, 2.75) is 0 Å². The van der Waals surface area contributed by atoms with E-state index in [4.69, 9.17) is 6.85 Å². The molecule has 1 nitrogen and oxygen atoms in total. The highest BCUT2D eigenvalue weighted by Gasteiger charge is 2.19. The Hall–Kier alpha value is -4.10. The lowest BCUT2D eigenvalue weighted by Gasteiger charge is -2.12. The zero-order chi connectivity index (χ0) is 24.7. The number of benzene rings is 6. The van der Waals surface area contributed by atoms with Crippen LogP contribution in [0.3, 0.4) is 0 Å². The zero-order valence-electron chi connectivity index (χ0n) is 21.5. The molecule has 1 heterocycles. The van der Waals surface area contributed by atoms with Crippen molar-refractivity contribution in [2.75, 3.05) is 0 Å². The monoisotopic (exact) mass is 398 g/mol. The summed E-state index contributed by atoms with van der Waals surface area (Å²) in [7, 11) is 0. The summed E-state index contributed by atoms with van der Waals surface area (Å²) in [5.74, 6) is 0. The fourth-order valence-electron chi connectivity index (χ4n) is 5.03. The van der Waals surface area contributed by atoms with E-state index in [0.717, 1.165) is 54.1 Å². The number of nitrogens with zero attached hydrogens (tertiary/aromatic N) is 1. The molecule has 0 spiro atoms. The Balaban J connectivity index is 1.89. The number of rotatable bonds is 1. The number of hydrogen-bond acceptors (Lipinski definition) is 0. The van der Waals surface area contributed by atoms with Crippen molar-refractivity contribution in [3.05, 3.63) is 115 Å². The Bertz CT molecular complexity index is 2030. The molecule has 0 radical (unpaired) electrons. The highest BCUT2D eigenvalue weighted by atomic mass is 15.0. The van der Waals surface area contributed by atoms with E-state index in [9.17, 15) is 0 Å². The lowest BCUT2D eigenvalue weighted by Crippen LogP contribution is -1.94. The quantitative estimate of drug-likeness (QED) is 0.245. The third-order valence-corrected chi connectivity index (χ3v) is 6.24. The first-order valence-corrected chi connectivity index (χ1v) is 10.3. The molecule has 0 amide bonds. The highest BCUT2D eigenvalue weighted by Crippen LogP contribution is 2.44. The summed E-state index contributed by atoms with van der Waals surface area (Å²) in [6, 6.07) is 27.1. The van der Waals surface area contributed by atoms with E-state index in [1.165, 1.54) is 0 Å². The Morgan fingerprint density at radius 2 is 1.13 bits per heavy atom. The second kappa shape index (κ2) is 6.20. The first kappa shape index (κ1) is 12.6. The summed E-state index contributed by atoms with van der Waals surface area (Å²) in [4.78, 5) is 0. The van der Waals surface area contributed by atoms with Crippen molar-refractivity contribution in [3.63, 3.8) is 0 Å². The largest absolute Gasteiger partial charge is 0.309 e.